The number of thiophene rings is 1. The molecule has 1 aliphatic heterocycles. The lowest BCUT2D eigenvalue weighted by molar-refractivity contribution is 0.513. The summed E-state index contributed by atoms with van der Waals surface area (Å²) in [6, 6.07) is 16.9. The minimum atomic E-state index is -0.223. The van der Waals surface area contributed by atoms with Gasteiger partial charge < -0.3 is 0 Å². The maximum atomic E-state index is 6.64. The highest BCUT2D eigenvalue weighted by Gasteiger charge is 2.44. The predicted molar refractivity (Wildman–Crippen MR) is 116 cm³/mol. The van der Waals surface area contributed by atoms with Gasteiger partial charge in [0, 0.05) is 25.2 Å². The zero-order valence-electron chi connectivity index (χ0n) is 14.0. The highest BCUT2D eigenvalue weighted by atomic mass is 79.9. The number of benzene rings is 2. The number of hydrogen-bond donors (Lipinski definition) is 0. The largest absolute Gasteiger partial charge is 0.273 e. The first-order chi connectivity index (χ1) is 12.6. The van der Waals surface area contributed by atoms with Crippen LogP contribution in [0.5, 0.6) is 0 Å². The van der Waals surface area contributed by atoms with E-state index in [0.29, 0.717) is 0 Å². The van der Waals surface area contributed by atoms with Crippen molar-refractivity contribution in [3.63, 3.8) is 0 Å². The van der Waals surface area contributed by atoms with Gasteiger partial charge in [0.1, 0.15) is 0 Å². The summed E-state index contributed by atoms with van der Waals surface area (Å²) >= 11 is 12.0. The lowest BCUT2D eigenvalue weighted by Gasteiger charge is -2.39. The summed E-state index contributed by atoms with van der Waals surface area (Å²) in [4.78, 5) is 6.41. The van der Waals surface area contributed by atoms with Gasteiger partial charge >= 0.3 is 0 Å². The first-order valence-electron chi connectivity index (χ1n) is 8.49. The van der Waals surface area contributed by atoms with E-state index in [4.69, 9.17) is 16.6 Å². The van der Waals surface area contributed by atoms with Crippen molar-refractivity contribution in [1.29, 1.82) is 0 Å². The van der Waals surface area contributed by atoms with Crippen molar-refractivity contribution in [2.24, 2.45) is 4.99 Å². The Morgan fingerprint density at radius 1 is 1.12 bits per heavy atom. The average molecular weight is 441 g/mol. The molecule has 2 aliphatic rings. The molecule has 0 fully saturated rings. The average Bonchev–Trinajstić information content (AvgIpc) is 3.03. The Kier molecular flexibility index (Phi) is 3.75. The van der Waals surface area contributed by atoms with Crippen molar-refractivity contribution in [2.75, 3.05) is 0 Å². The van der Waals surface area contributed by atoms with Gasteiger partial charge in [-0.1, -0.05) is 70.0 Å². The topological polar surface area (TPSA) is 12.4 Å². The fourth-order valence-electron chi connectivity index (χ4n) is 3.97. The van der Waals surface area contributed by atoms with Crippen LogP contribution in [0.25, 0.3) is 10.1 Å². The zero-order valence-corrected chi connectivity index (χ0v) is 17.2. The molecule has 5 rings (SSSR count). The molecule has 2 unspecified atom stereocenters. The second-order valence-electron chi connectivity index (χ2n) is 6.88. The number of rotatable bonds is 1. The standard InChI is InChI=1S/C22H15BrClNS/c1-22-12-4-6-16(24)21(22)25-19(13-8-10-14(23)11-9-13)20-18(22)15-5-2-3-7-17(15)26-20/h2-12,21H,1H3. The number of allylic oxidation sites excluding steroid dienone is 2. The highest BCUT2D eigenvalue weighted by Crippen LogP contribution is 2.50. The lowest BCUT2D eigenvalue weighted by Crippen LogP contribution is -2.40. The Labute approximate surface area is 169 Å². The summed E-state index contributed by atoms with van der Waals surface area (Å²) in [5, 5.41) is 2.10. The fraction of sp³-hybridized carbons (Fsp3) is 0.136. The van der Waals surface area contributed by atoms with E-state index < -0.39 is 0 Å². The van der Waals surface area contributed by atoms with E-state index in [1.54, 1.807) is 0 Å². The van der Waals surface area contributed by atoms with Crippen LogP contribution in [0.15, 0.2) is 81.3 Å². The zero-order chi connectivity index (χ0) is 17.9. The van der Waals surface area contributed by atoms with Crippen LogP contribution < -0.4 is 0 Å². The maximum absolute atomic E-state index is 6.64. The molecule has 26 heavy (non-hydrogen) atoms. The molecule has 0 radical (unpaired) electrons. The molecule has 0 N–H and O–H groups in total. The molecule has 0 saturated carbocycles. The molecule has 2 atom stereocenters. The van der Waals surface area contributed by atoms with Gasteiger partial charge in [-0.15, -0.1) is 11.3 Å². The Morgan fingerprint density at radius 2 is 1.88 bits per heavy atom. The van der Waals surface area contributed by atoms with Crippen LogP contribution in [0.2, 0.25) is 0 Å². The fourth-order valence-corrected chi connectivity index (χ4v) is 5.93. The van der Waals surface area contributed by atoms with E-state index >= 15 is 0 Å². The van der Waals surface area contributed by atoms with E-state index in [0.717, 1.165) is 20.8 Å². The highest BCUT2D eigenvalue weighted by molar-refractivity contribution is 9.10. The lowest BCUT2D eigenvalue weighted by atomic mass is 9.70. The molecule has 1 nitrogen and oxygen atoms in total. The van der Waals surface area contributed by atoms with Gasteiger partial charge in [0.2, 0.25) is 0 Å². The Morgan fingerprint density at radius 3 is 2.69 bits per heavy atom. The minimum absolute atomic E-state index is 0.0849. The van der Waals surface area contributed by atoms with Gasteiger partial charge in [-0.25, -0.2) is 0 Å². The van der Waals surface area contributed by atoms with Gasteiger partial charge in [0.15, 0.2) is 0 Å². The van der Waals surface area contributed by atoms with Gasteiger partial charge in [0.05, 0.1) is 16.6 Å². The molecular weight excluding hydrogens is 426 g/mol. The summed E-state index contributed by atoms with van der Waals surface area (Å²) < 4.78 is 2.36. The Bertz CT molecular complexity index is 1120. The van der Waals surface area contributed by atoms with Crippen LogP contribution >= 0.6 is 38.9 Å². The van der Waals surface area contributed by atoms with Crippen molar-refractivity contribution >= 4 is 54.7 Å². The van der Waals surface area contributed by atoms with Crippen molar-refractivity contribution in [1.82, 2.24) is 0 Å². The van der Waals surface area contributed by atoms with Gasteiger partial charge in [-0.2, -0.15) is 0 Å². The molecular formula is C22H15BrClNS. The quantitative estimate of drug-likeness (QED) is 0.393. The second-order valence-corrected chi connectivity index (χ2v) is 9.29. The van der Waals surface area contributed by atoms with Crippen molar-refractivity contribution in [3.8, 4) is 0 Å². The molecule has 0 saturated heterocycles. The SMILES string of the molecule is CC12C=CC=C(Cl)C1N=C(c1ccc(Br)cc1)c1sc3ccccc3c12. The third-order valence-electron chi connectivity index (χ3n) is 5.25. The number of halogens is 2. The summed E-state index contributed by atoms with van der Waals surface area (Å²) in [5.74, 6) is 0. The molecule has 0 amide bonds. The molecule has 3 aromatic rings. The molecule has 2 heterocycles. The first-order valence-corrected chi connectivity index (χ1v) is 10.5. The van der Waals surface area contributed by atoms with E-state index in [9.17, 15) is 0 Å². The van der Waals surface area contributed by atoms with Crippen LogP contribution in [-0.4, -0.2) is 11.8 Å². The van der Waals surface area contributed by atoms with Gasteiger partial charge in [-0.05, 0) is 42.1 Å². The second kappa shape index (κ2) is 5.91. The van der Waals surface area contributed by atoms with Crippen LogP contribution in [0.4, 0.5) is 0 Å². The van der Waals surface area contributed by atoms with E-state index in [-0.39, 0.29) is 11.5 Å². The Balaban J connectivity index is 1.85. The molecule has 0 bridgehead atoms. The third-order valence-corrected chi connectivity index (χ3v) is 7.29. The predicted octanol–water partition coefficient (Wildman–Crippen LogP) is 6.83. The monoisotopic (exact) mass is 439 g/mol. The molecule has 1 aromatic heterocycles. The third kappa shape index (κ3) is 2.31. The summed E-state index contributed by atoms with van der Waals surface area (Å²) in [6.45, 7) is 2.25. The summed E-state index contributed by atoms with van der Waals surface area (Å²) in [5.41, 5.74) is 3.29. The number of nitrogens with zero attached hydrogens (tertiary/aromatic N) is 1. The van der Waals surface area contributed by atoms with Crippen LogP contribution in [0.3, 0.4) is 0 Å². The maximum Gasteiger partial charge on any atom is 0.0991 e. The molecule has 0 spiro atoms. The normalized spacial score (nSPS) is 24.0. The Hall–Kier alpha value is -1.68. The molecule has 2 aromatic carbocycles. The van der Waals surface area contributed by atoms with Crippen LogP contribution in [-0.2, 0) is 5.41 Å². The van der Waals surface area contributed by atoms with Crippen LogP contribution in [0.1, 0.15) is 22.9 Å². The molecule has 4 heteroatoms. The number of fused-ring (bicyclic) bond motifs is 5. The van der Waals surface area contributed by atoms with Crippen molar-refractivity contribution in [2.45, 2.75) is 18.4 Å². The smallest absolute Gasteiger partial charge is 0.0991 e. The number of hydrogen-bond acceptors (Lipinski definition) is 2. The van der Waals surface area contributed by atoms with Gasteiger partial charge in [0.25, 0.3) is 0 Å². The first kappa shape index (κ1) is 16.5. The van der Waals surface area contributed by atoms with E-state index in [2.05, 4.69) is 83.5 Å². The van der Waals surface area contributed by atoms with Crippen LogP contribution in [0, 0.1) is 0 Å². The van der Waals surface area contributed by atoms with Gasteiger partial charge in [-0.3, -0.25) is 4.99 Å². The minimum Gasteiger partial charge on any atom is -0.273 e. The van der Waals surface area contributed by atoms with Crippen molar-refractivity contribution < 1.29 is 0 Å². The summed E-state index contributed by atoms with van der Waals surface area (Å²) in [6.07, 6.45) is 6.29. The van der Waals surface area contributed by atoms with E-state index in [1.807, 2.05) is 17.4 Å². The summed E-state index contributed by atoms with van der Waals surface area (Å²) in [7, 11) is 0. The molecule has 128 valence electrons. The number of aliphatic imine (C=N–C) groups is 1. The van der Waals surface area contributed by atoms with Crippen molar-refractivity contribution in [3.05, 3.63) is 92.3 Å². The molecule has 1 aliphatic carbocycles. The van der Waals surface area contributed by atoms with E-state index in [1.165, 1.54) is 20.5 Å².